The molecule has 16 heavy (non-hydrogen) atoms. The molecule has 0 aliphatic carbocycles. The van der Waals surface area contributed by atoms with Gasteiger partial charge in [0.25, 0.3) is 0 Å². The molecule has 0 aromatic heterocycles. The van der Waals surface area contributed by atoms with Crippen molar-refractivity contribution >= 4 is 12.6 Å². The third kappa shape index (κ3) is 3.98. The maximum Gasteiger partial charge on any atom is 0.0178 e. The predicted octanol–water partition coefficient (Wildman–Crippen LogP) is 5.72. The maximum atomic E-state index is 5.01. The fourth-order valence-electron chi connectivity index (χ4n) is 2.46. The van der Waals surface area contributed by atoms with Crippen LogP contribution >= 0.6 is 12.6 Å². The van der Waals surface area contributed by atoms with Gasteiger partial charge in [-0.3, -0.25) is 0 Å². The van der Waals surface area contributed by atoms with Crippen LogP contribution in [0.25, 0.3) is 0 Å². The average Bonchev–Trinajstić information content (AvgIpc) is 2.23. The van der Waals surface area contributed by atoms with Crippen molar-refractivity contribution in [1.82, 2.24) is 0 Å². The number of hydrogen-bond donors (Lipinski definition) is 1. The fraction of sp³-hybridized carbons (Fsp3) is 1.00. The summed E-state index contributed by atoms with van der Waals surface area (Å²) in [5.74, 6) is 0.634. The summed E-state index contributed by atoms with van der Waals surface area (Å²) in [4.78, 5) is 0. The van der Waals surface area contributed by atoms with Crippen LogP contribution in [0.5, 0.6) is 0 Å². The lowest BCUT2D eigenvalue weighted by molar-refractivity contribution is 0.150. The Balaban J connectivity index is 4.75. The number of hydrogen-bond acceptors (Lipinski definition) is 1. The lowest BCUT2D eigenvalue weighted by Crippen LogP contribution is -2.43. The van der Waals surface area contributed by atoms with Crippen molar-refractivity contribution in [3.63, 3.8) is 0 Å². The van der Waals surface area contributed by atoms with E-state index in [9.17, 15) is 0 Å². The van der Waals surface area contributed by atoms with E-state index in [4.69, 9.17) is 12.6 Å². The summed E-state index contributed by atoms with van der Waals surface area (Å²) in [6, 6.07) is 0. The molecule has 0 aromatic carbocycles. The monoisotopic (exact) mass is 244 g/mol. The molecule has 1 atom stereocenters. The van der Waals surface area contributed by atoms with Crippen molar-refractivity contribution in [2.45, 2.75) is 84.8 Å². The third-order valence-corrected chi connectivity index (χ3v) is 5.57. The first-order valence-electron chi connectivity index (χ1n) is 7.04. The highest BCUT2D eigenvalue weighted by Gasteiger charge is 2.42. The Bertz CT molecular complexity index is 174. The Hall–Kier alpha value is 0.350. The SMILES string of the molecule is CCCCC(C)(CCCC)C(C)(S)C(C)C. The molecule has 98 valence electrons. The standard InChI is InChI=1S/C15H32S/c1-7-9-11-14(5,12-10-8-2)15(6,16)13(3)4/h13,16H,7-12H2,1-6H3. The summed E-state index contributed by atoms with van der Waals surface area (Å²) >= 11 is 5.01. The lowest BCUT2D eigenvalue weighted by Gasteiger charge is -2.47. The van der Waals surface area contributed by atoms with Gasteiger partial charge in [0.05, 0.1) is 0 Å². The normalized spacial score (nSPS) is 16.5. The number of rotatable bonds is 8. The number of thiol groups is 1. The quantitative estimate of drug-likeness (QED) is 0.519. The average molecular weight is 244 g/mol. The fourth-order valence-corrected chi connectivity index (χ4v) is 2.69. The highest BCUT2D eigenvalue weighted by Crippen LogP contribution is 2.48. The highest BCUT2D eigenvalue weighted by atomic mass is 32.1. The Morgan fingerprint density at radius 2 is 1.31 bits per heavy atom. The van der Waals surface area contributed by atoms with E-state index in [1.165, 1.54) is 38.5 Å². The van der Waals surface area contributed by atoms with E-state index in [0.29, 0.717) is 11.3 Å². The van der Waals surface area contributed by atoms with Gasteiger partial charge in [-0.15, -0.1) is 0 Å². The first-order chi connectivity index (χ1) is 7.31. The molecule has 0 nitrogen and oxygen atoms in total. The van der Waals surface area contributed by atoms with Gasteiger partial charge in [0.15, 0.2) is 0 Å². The van der Waals surface area contributed by atoms with Gasteiger partial charge in [-0.05, 0) is 31.1 Å². The molecule has 0 spiro atoms. The van der Waals surface area contributed by atoms with Crippen LogP contribution in [-0.4, -0.2) is 4.75 Å². The molecule has 0 amide bonds. The summed E-state index contributed by atoms with van der Waals surface area (Å²) < 4.78 is 0.150. The second-order valence-corrected chi connectivity index (χ2v) is 7.00. The summed E-state index contributed by atoms with van der Waals surface area (Å²) in [5, 5.41) is 0. The zero-order valence-electron chi connectivity index (χ0n) is 12.3. The Morgan fingerprint density at radius 3 is 1.56 bits per heavy atom. The molecule has 0 aliphatic heterocycles. The van der Waals surface area contributed by atoms with Crippen molar-refractivity contribution < 1.29 is 0 Å². The van der Waals surface area contributed by atoms with Crippen molar-refractivity contribution in [2.24, 2.45) is 11.3 Å². The smallest absolute Gasteiger partial charge is 0.0178 e. The zero-order valence-corrected chi connectivity index (χ0v) is 13.2. The van der Waals surface area contributed by atoms with Crippen LogP contribution in [0, 0.1) is 11.3 Å². The molecule has 0 aromatic rings. The predicted molar refractivity (Wildman–Crippen MR) is 79.4 cm³/mol. The van der Waals surface area contributed by atoms with E-state index < -0.39 is 0 Å². The van der Waals surface area contributed by atoms with E-state index in [-0.39, 0.29) is 4.75 Å². The van der Waals surface area contributed by atoms with E-state index in [1.54, 1.807) is 0 Å². The van der Waals surface area contributed by atoms with Crippen LogP contribution in [0.15, 0.2) is 0 Å². The van der Waals surface area contributed by atoms with E-state index in [1.807, 2.05) is 0 Å². The van der Waals surface area contributed by atoms with Gasteiger partial charge in [0.1, 0.15) is 0 Å². The minimum atomic E-state index is 0.150. The Labute approximate surface area is 109 Å². The van der Waals surface area contributed by atoms with Crippen molar-refractivity contribution in [1.29, 1.82) is 0 Å². The van der Waals surface area contributed by atoms with Gasteiger partial charge < -0.3 is 0 Å². The van der Waals surface area contributed by atoms with Gasteiger partial charge in [-0.1, -0.05) is 60.3 Å². The topological polar surface area (TPSA) is 0 Å². The molecule has 0 bridgehead atoms. The second kappa shape index (κ2) is 6.93. The molecule has 1 heteroatoms. The zero-order chi connectivity index (χ0) is 12.8. The summed E-state index contributed by atoms with van der Waals surface area (Å²) in [7, 11) is 0. The summed E-state index contributed by atoms with van der Waals surface area (Å²) in [5.41, 5.74) is 0.385. The van der Waals surface area contributed by atoms with Crippen LogP contribution in [0.3, 0.4) is 0 Å². The molecule has 0 rings (SSSR count). The van der Waals surface area contributed by atoms with Crippen molar-refractivity contribution in [3.05, 3.63) is 0 Å². The van der Waals surface area contributed by atoms with Crippen molar-refractivity contribution in [3.8, 4) is 0 Å². The molecule has 0 radical (unpaired) electrons. The first-order valence-corrected chi connectivity index (χ1v) is 7.49. The molecular weight excluding hydrogens is 212 g/mol. The highest BCUT2D eigenvalue weighted by molar-refractivity contribution is 7.81. The van der Waals surface area contributed by atoms with Gasteiger partial charge in [-0.25, -0.2) is 0 Å². The van der Waals surface area contributed by atoms with Gasteiger partial charge >= 0.3 is 0 Å². The van der Waals surface area contributed by atoms with Crippen LogP contribution in [-0.2, 0) is 0 Å². The second-order valence-electron chi connectivity index (χ2n) is 6.07. The summed E-state index contributed by atoms with van der Waals surface area (Å²) in [6.07, 6.45) is 7.91. The van der Waals surface area contributed by atoms with E-state index >= 15 is 0 Å². The molecule has 0 saturated heterocycles. The minimum absolute atomic E-state index is 0.150. The van der Waals surface area contributed by atoms with Crippen LogP contribution in [0.1, 0.15) is 80.1 Å². The summed E-state index contributed by atoms with van der Waals surface area (Å²) in [6.45, 7) is 14.0. The maximum absolute atomic E-state index is 5.01. The molecule has 0 N–H and O–H groups in total. The lowest BCUT2D eigenvalue weighted by atomic mass is 9.66. The van der Waals surface area contributed by atoms with Gasteiger partial charge in [0.2, 0.25) is 0 Å². The molecule has 0 aliphatic rings. The van der Waals surface area contributed by atoms with E-state index in [0.717, 1.165) is 0 Å². The molecule has 1 unspecified atom stereocenters. The number of unbranched alkanes of at least 4 members (excludes halogenated alkanes) is 2. The van der Waals surface area contributed by atoms with Crippen LogP contribution in [0.2, 0.25) is 0 Å². The molecule has 0 fully saturated rings. The minimum Gasteiger partial charge on any atom is -0.172 e. The van der Waals surface area contributed by atoms with Crippen molar-refractivity contribution in [2.75, 3.05) is 0 Å². The molecular formula is C15H32S. The largest absolute Gasteiger partial charge is 0.172 e. The molecule has 0 saturated carbocycles. The molecule has 0 heterocycles. The third-order valence-electron chi connectivity index (χ3n) is 4.51. The van der Waals surface area contributed by atoms with Gasteiger partial charge in [-0.2, -0.15) is 12.6 Å². The van der Waals surface area contributed by atoms with Gasteiger partial charge in [0, 0.05) is 4.75 Å². The van der Waals surface area contributed by atoms with E-state index in [2.05, 4.69) is 41.5 Å². The van der Waals surface area contributed by atoms with Crippen LogP contribution in [0.4, 0.5) is 0 Å². The Kier molecular flexibility index (Phi) is 7.09. The Morgan fingerprint density at radius 1 is 0.938 bits per heavy atom. The first kappa shape index (κ1) is 16.4. The van der Waals surface area contributed by atoms with Crippen LogP contribution < -0.4 is 0 Å².